The summed E-state index contributed by atoms with van der Waals surface area (Å²) in [5.74, 6) is -0.0914. The van der Waals surface area contributed by atoms with Gasteiger partial charge in [0.25, 0.3) is 5.01 Å². The number of hydrogen-bond donors (Lipinski definition) is 1. The number of thiazole rings is 1. The number of ether oxygens (including phenoxy) is 1. The monoisotopic (exact) mass is 575 g/mol. The van der Waals surface area contributed by atoms with Gasteiger partial charge in [-0.15, -0.1) is 0 Å². The minimum Gasteiger partial charge on any atom is -0.495 e. The predicted molar refractivity (Wildman–Crippen MR) is 162 cm³/mol. The van der Waals surface area contributed by atoms with Gasteiger partial charge in [-0.3, -0.25) is 4.79 Å². The van der Waals surface area contributed by atoms with Crippen LogP contribution in [-0.2, 0) is 11.3 Å². The molecule has 5 nitrogen and oxygen atoms in total. The molecule has 1 N–H and O–H groups in total. The van der Waals surface area contributed by atoms with Crippen LogP contribution >= 0.6 is 34.7 Å². The highest BCUT2D eigenvalue weighted by Crippen LogP contribution is 2.48. The summed E-state index contributed by atoms with van der Waals surface area (Å²) in [7, 11) is 1.64. The first-order chi connectivity index (χ1) is 18.9. The maximum absolute atomic E-state index is 11.4. The van der Waals surface area contributed by atoms with E-state index in [0.717, 1.165) is 45.9 Å². The van der Waals surface area contributed by atoms with Gasteiger partial charge in [0.05, 0.1) is 29.3 Å². The van der Waals surface area contributed by atoms with E-state index in [1.54, 1.807) is 30.2 Å². The lowest BCUT2D eigenvalue weighted by atomic mass is 10.1. The highest BCUT2D eigenvalue weighted by molar-refractivity contribution is 8.03. The molecule has 198 valence electrons. The molecule has 0 fully saturated rings. The SMILES string of the molecule is CCC(=C\C=C1/Sc2cc3ccccc3cc2N1CCC(=O)O)/C=C1\CC[n+]2c1sc1cc(OC)c(Cl)cc12. The normalized spacial score (nSPS) is 17.0. The molecule has 39 heavy (non-hydrogen) atoms. The van der Waals surface area contributed by atoms with Crippen molar-refractivity contribution >= 4 is 72.9 Å². The van der Waals surface area contributed by atoms with E-state index in [4.69, 9.17) is 16.3 Å². The molecule has 3 aromatic carbocycles. The Hall–Kier alpha value is -3.26. The van der Waals surface area contributed by atoms with Crippen LogP contribution in [0.2, 0.25) is 5.02 Å². The van der Waals surface area contributed by atoms with E-state index in [0.29, 0.717) is 17.3 Å². The van der Waals surface area contributed by atoms with Crippen LogP contribution < -0.4 is 14.2 Å². The molecule has 8 heteroatoms. The zero-order valence-electron chi connectivity index (χ0n) is 21.7. The van der Waals surface area contributed by atoms with Crippen LogP contribution in [0.3, 0.4) is 0 Å². The van der Waals surface area contributed by atoms with Crippen molar-refractivity contribution in [2.75, 3.05) is 18.6 Å². The molecule has 3 heterocycles. The molecule has 0 amide bonds. The van der Waals surface area contributed by atoms with Crippen molar-refractivity contribution in [3.05, 3.63) is 87.4 Å². The molecule has 0 saturated carbocycles. The third-order valence-corrected chi connectivity index (χ3v) is 9.84. The number of fused-ring (bicyclic) bond motifs is 5. The average Bonchev–Trinajstić information content (AvgIpc) is 3.59. The predicted octanol–water partition coefficient (Wildman–Crippen LogP) is 8.06. The van der Waals surface area contributed by atoms with Crippen molar-refractivity contribution < 1.29 is 19.2 Å². The standard InChI is InChI=1S/C31H27ClN2O3S2/c1-3-19(14-22-10-12-34-25-17-23(32)26(37-2)18-28(25)39-31(22)34)8-9-29-33(13-11-30(35)36)24-15-20-6-4-5-7-21(20)16-27(24)38-29/h4-9,14-18H,3,10-13H2,1-2H3/p+1. The van der Waals surface area contributed by atoms with E-state index in [2.05, 4.69) is 58.9 Å². The van der Waals surface area contributed by atoms with Gasteiger partial charge in [0, 0.05) is 35.6 Å². The molecule has 0 spiro atoms. The van der Waals surface area contributed by atoms with Crippen molar-refractivity contribution in [3.8, 4) is 5.75 Å². The van der Waals surface area contributed by atoms with E-state index in [-0.39, 0.29) is 6.42 Å². The van der Waals surface area contributed by atoms with Crippen molar-refractivity contribution in [1.29, 1.82) is 0 Å². The van der Waals surface area contributed by atoms with Crippen LogP contribution in [0, 0.1) is 0 Å². The Balaban J connectivity index is 1.34. The van der Waals surface area contributed by atoms with Crippen molar-refractivity contribution in [1.82, 2.24) is 0 Å². The van der Waals surface area contributed by atoms with Gasteiger partial charge in [0.2, 0.25) is 5.52 Å². The fourth-order valence-electron chi connectivity index (χ4n) is 5.19. The summed E-state index contributed by atoms with van der Waals surface area (Å²) in [4.78, 5) is 14.7. The van der Waals surface area contributed by atoms with Gasteiger partial charge in [-0.05, 0) is 47.1 Å². The number of carboxylic acid groups (broad SMARTS) is 1. The molecule has 1 aromatic heterocycles. The molecule has 2 aliphatic rings. The number of carboxylic acids is 1. The summed E-state index contributed by atoms with van der Waals surface area (Å²) in [6, 6.07) is 16.7. The molecule has 0 bridgehead atoms. The molecular formula is C31H28ClN2O3S2+. The molecule has 0 saturated heterocycles. The Morgan fingerprint density at radius 2 is 2.00 bits per heavy atom. The highest BCUT2D eigenvalue weighted by atomic mass is 35.5. The number of nitrogens with zero attached hydrogens (tertiary/aromatic N) is 2. The molecule has 0 radical (unpaired) electrons. The third kappa shape index (κ3) is 4.95. The summed E-state index contributed by atoms with van der Waals surface area (Å²) < 4.78 is 8.95. The number of halogens is 1. The van der Waals surface area contributed by atoms with Crippen LogP contribution in [-0.4, -0.2) is 24.7 Å². The van der Waals surface area contributed by atoms with E-state index in [1.807, 2.05) is 24.3 Å². The Labute approximate surface area is 240 Å². The van der Waals surface area contributed by atoms with Gasteiger partial charge in [-0.2, -0.15) is 4.57 Å². The minimum atomic E-state index is -0.792. The van der Waals surface area contributed by atoms with Crippen LogP contribution in [0.5, 0.6) is 5.75 Å². The smallest absolute Gasteiger partial charge is 0.305 e. The van der Waals surface area contributed by atoms with E-state index < -0.39 is 5.97 Å². The Morgan fingerprint density at radius 1 is 1.21 bits per heavy atom. The van der Waals surface area contributed by atoms with Gasteiger partial charge >= 0.3 is 5.97 Å². The second kappa shape index (κ2) is 10.7. The van der Waals surface area contributed by atoms with Crippen LogP contribution in [0.15, 0.2) is 82.3 Å². The Kier molecular flexibility index (Phi) is 7.14. The highest BCUT2D eigenvalue weighted by Gasteiger charge is 2.31. The summed E-state index contributed by atoms with van der Waals surface area (Å²) in [5, 5.41) is 14.7. The number of allylic oxidation sites excluding steroid dienone is 5. The first kappa shape index (κ1) is 26.0. The second-order valence-corrected chi connectivity index (χ2v) is 12.1. The molecule has 0 atom stereocenters. The van der Waals surface area contributed by atoms with Crippen molar-refractivity contribution in [2.45, 2.75) is 37.6 Å². The van der Waals surface area contributed by atoms with Crippen LogP contribution in [0.4, 0.5) is 5.69 Å². The fourth-order valence-corrected chi connectivity index (χ4v) is 7.79. The van der Waals surface area contributed by atoms with Gasteiger partial charge in [-0.25, -0.2) is 0 Å². The average molecular weight is 576 g/mol. The summed E-state index contributed by atoms with van der Waals surface area (Å²) >= 11 is 9.90. The number of rotatable bonds is 7. The molecule has 4 aromatic rings. The number of methoxy groups -OCH3 is 1. The summed E-state index contributed by atoms with van der Waals surface area (Å²) in [5.41, 5.74) is 4.79. The van der Waals surface area contributed by atoms with E-state index >= 15 is 0 Å². The fraction of sp³-hybridized carbons (Fsp3) is 0.226. The third-order valence-electron chi connectivity index (χ3n) is 7.21. The topological polar surface area (TPSA) is 53.7 Å². The molecular weight excluding hydrogens is 548 g/mol. The maximum Gasteiger partial charge on any atom is 0.305 e. The lowest BCUT2D eigenvalue weighted by Crippen LogP contribution is -2.30. The zero-order valence-corrected chi connectivity index (χ0v) is 24.1. The summed E-state index contributed by atoms with van der Waals surface area (Å²) in [6.07, 6.45) is 8.60. The minimum absolute atomic E-state index is 0.0826. The van der Waals surface area contributed by atoms with Gasteiger partial charge in [0.1, 0.15) is 10.4 Å². The largest absolute Gasteiger partial charge is 0.495 e. The van der Waals surface area contributed by atoms with Gasteiger partial charge < -0.3 is 14.7 Å². The molecule has 6 rings (SSSR count). The molecule has 2 aliphatic heterocycles. The second-order valence-electron chi connectivity index (χ2n) is 9.60. The number of anilines is 1. The van der Waals surface area contributed by atoms with Crippen molar-refractivity contribution in [3.63, 3.8) is 0 Å². The first-order valence-corrected chi connectivity index (χ1v) is 15.0. The number of aliphatic carboxylic acids is 1. The number of aryl methyl sites for hydroxylation is 1. The van der Waals surface area contributed by atoms with Crippen LogP contribution in [0.1, 0.15) is 31.2 Å². The number of hydrogen-bond acceptors (Lipinski definition) is 5. The lowest BCUT2D eigenvalue weighted by molar-refractivity contribution is -0.659. The Bertz CT molecular complexity index is 1720. The quantitative estimate of drug-likeness (QED) is 0.226. The zero-order chi connectivity index (χ0) is 27.1. The number of carbonyl (C=O) groups is 1. The first-order valence-electron chi connectivity index (χ1n) is 13.0. The van der Waals surface area contributed by atoms with Gasteiger partial charge in [-0.1, -0.05) is 72.0 Å². The number of benzene rings is 3. The number of thioether (sulfide) groups is 1. The van der Waals surface area contributed by atoms with Crippen molar-refractivity contribution in [2.24, 2.45) is 0 Å². The maximum atomic E-state index is 11.4. The Morgan fingerprint density at radius 3 is 2.74 bits per heavy atom. The lowest BCUT2D eigenvalue weighted by Gasteiger charge is -2.19. The molecule has 0 unspecified atom stereocenters. The molecule has 0 aliphatic carbocycles. The summed E-state index contributed by atoms with van der Waals surface area (Å²) in [6.45, 7) is 3.54. The number of aromatic nitrogens is 1. The van der Waals surface area contributed by atoms with Crippen LogP contribution in [0.25, 0.3) is 26.6 Å². The van der Waals surface area contributed by atoms with E-state index in [9.17, 15) is 9.90 Å². The van der Waals surface area contributed by atoms with Gasteiger partial charge in [0.15, 0.2) is 6.54 Å². The van der Waals surface area contributed by atoms with E-state index in [1.165, 1.54) is 26.2 Å².